The van der Waals surface area contributed by atoms with Crippen molar-refractivity contribution in [3.63, 3.8) is 0 Å². The average Bonchev–Trinajstić information content (AvgIpc) is 1.95. The molecule has 0 saturated carbocycles. The van der Waals surface area contributed by atoms with Crippen molar-refractivity contribution in [1.29, 1.82) is 0 Å². The number of ether oxygens (including phenoxy) is 1. The van der Waals surface area contributed by atoms with E-state index in [4.69, 9.17) is 25.8 Å². The summed E-state index contributed by atoms with van der Waals surface area (Å²) in [5, 5.41) is 0.395. The van der Waals surface area contributed by atoms with Crippen LogP contribution in [0.4, 0.5) is 0 Å². The molecule has 5 nitrogen and oxygen atoms in total. The van der Waals surface area contributed by atoms with Crippen LogP contribution in [0.25, 0.3) is 0 Å². The van der Waals surface area contributed by atoms with Crippen LogP contribution in [0.2, 0.25) is 12.6 Å². The Labute approximate surface area is 121 Å². The number of carbonyl (C=O) groups is 2. The van der Waals surface area contributed by atoms with Gasteiger partial charge in [-0.2, -0.15) is 0 Å². The fraction of sp³-hybridized carbons (Fsp3) is 0.667. The first-order valence-electron chi connectivity index (χ1n) is 4.85. The maximum absolute atomic E-state index is 11.0. The van der Waals surface area contributed by atoms with Crippen molar-refractivity contribution < 1.29 is 23.2 Å². The van der Waals surface area contributed by atoms with Crippen LogP contribution in [0.1, 0.15) is 20.8 Å². The fourth-order valence-electron chi connectivity index (χ4n) is 1.23. The summed E-state index contributed by atoms with van der Waals surface area (Å²) in [5.41, 5.74) is 0. The molecule has 0 aromatic heterocycles. The molecule has 0 N–H and O–H groups in total. The van der Waals surface area contributed by atoms with Crippen LogP contribution in [0.3, 0.4) is 0 Å². The van der Waals surface area contributed by atoms with Gasteiger partial charge in [-0.1, -0.05) is 0 Å². The number of hydrogen-bond acceptors (Lipinski definition) is 6. The van der Waals surface area contributed by atoms with Crippen molar-refractivity contribution in [1.82, 2.24) is 0 Å². The highest BCUT2D eigenvalue weighted by Crippen LogP contribution is 2.22. The van der Waals surface area contributed by atoms with Gasteiger partial charge in [0.05, 0.1) is 6.04 Å². The molecular formula is C9H15IO5SSi. The second kappa shape index (κ2) is 7.26. The molecule has 0 saturated heterocycles. The predicted molar refractivity (Wildman–Crippen MR) is 77.1 cm³/mol. The van der Waals surface area contributed by atoms with Gasteiger partial charge in [0.25, 0.3) is 11.9 Å². The molecule has 0 spiro atoms. The lowest BCUT2D eigenvalue weighted by molar-refractivity contribution is -0.138. The van der Waals surface area contributed by atoms with Crippen LogP contribution in [-0.2, 0) is 23.2 Å². The third kappa shape index (κ3) is 8.49. The van der Waals surface area contributed by atoms with E-state index in [1.54, 1.807) is 13.5 Å². The quantitative estimate of drug-likeness (QED) is 0.311. The number of halogens is 1. The smallest absolute Gasteiger partial charge is 0.465 e. The van der Waals surface area contributed by atoms with E-state index in [0.29, 0.717) is 11.1 Å². The maximum atomic E-state index is 11.0. The van der Waals surface area contributed by atoms with Crippen LogP contribution >= 0.6 is 34.8 Å². The third-order valence-corrected chi connectivity index (χ3v) is 5.72. The van der Waals surface area contributed by atoms with Gasteiger partial charge >= 0.3 is 8.56 Å². The summed E-state index contributed by atoms with van der Waals surface area (Å²) in [7, 11) is -2.90. The normalized spacial score (nSPS) is 12.5. The Morgan fingerprint density at radius 1 is 1.24 bits per heavy atom. The standard InChI is InChI=1S/C9H15IO5SSi/c1-6(11)14-17(4,15-7(2)12)5-9(10)13-8(3)16/h9H,5H2,1-4H3. The first-order valence-corrected chi connectivity index (χ1v) is 9.03. The van der Waals surface area contributed by atoms with Crippen molar-refractivity contribution >= 4 is 60.4 Å². The van der Waals surface area contributed by atoms with Crippen molar-refractivity contribution in [2.45, 2.75) is 37.5 Å². The lowest BCUT2D eigenvalue weighted by Gasteiger charge is -2.26. The van der Waals surface area contributed by atoms with Crippen LogP contribution in [0.5, 0.6) is 0 Å². The van der Waals surface area contributed by atoms with Crippen LogP contribution in [-0.4, -0.2) is 29.7 Å². The summed E-state index contributed by atoms with van der Waals surface area (Å²) in [6.07, 6.45) is 0. The highest BCUT2D eigenvalue weighted by molar-refractivity contribution is 14.1. The summed E-state index contributed by atoms with van der Waals surface area (Å²) in [5.74, 6) is -0.939. The third-order valence-electron chi connectivity index (χ3n) is 1.54. The first-order chi connectivity index (χ1) is 7.64. The molecule has 0 rings (SSSR count). The van der Waals surface area contributed by atoms with Gasteiger partial charge < -0.3 is 13.6 Å². The molecule has 17 heavy (non-hydrogen) atoms. The van der Waals surface area contributed by atoms with E-state index in [1.165, 1.54) is 13.8 Å². The van der Waals surface area contributed by atoms with Gasteiger partial charge in [0, 0.05) is 27.3 Å². The number of thiocarbonyl (C=S) groups is 1. The fourth-order valence-corrected chi connectivity index (χ4v) is 6.39. The van der Waals surface area contributed by atoms with E-state index < -0.39 is 20.5 Å². The summed E-state index contributed by atoms with van der Waals surface area (Å²) >= 11 is 6.83. The summed E-state index contributed by atoms with van der Waals surface area (Å²) < 4.78 is 15.2. The Bertz CT molecular complexity index is 307. The largest absolute Gasteiger partial charge is 0.485 e. The molecule has 0 aliphatic carbocycles. The van der Waals surface area contributed by atoms with Gasteiger partial charge in [-0.15, -0.1) is 0 Å². The molecule has 0 radical (unpaired) electrons. The zero-order valence-electron chi connectivity index (χ0n) is 10.1. The van der Waals surface area contributed by atoms with Crippen LogP contribution in [0.15, 0.2) is 0 Å². The molecule has 0 heterocycles. The van der Waals surface area contributed by atoms with Gasteiger partial charge in [0.1, 0.15) is 0 Å². The zero-order valence-corrected chi connectivity index (χ0v) is 14.1. The molecule has 0 bridgehead atoms. The molecule has 0 fully saturated rings. The lowest BCUT2D eigenvalue weighted by atomic mass is 10.8. The van der Waals surface area contributed by atoms with Gasteiger partial charge in [-0.3, -0.25) is 9.59 Å². The molecule has 0 aromatic carbocycles. The maximum Gasteiger partial charge on any atom is 0.465 e. The molecule has 0 aromatic rings. The van der Waals surface area contributed by atoms with E-state index in [9.17, 15) is 9.59 Å². The number of alkyl halides is 1. The van der Waals surface area contributed by atoms with Gasteiger partial charge in [-0.05, 0) is 34.8 Å². The van der Waals surface area contributed by atoms with E-state index in [1.807, 2.05) is 22.6 Å². The molecule has 1 unspecified atom stereocenters. The monoisotopic (exact) mass is 390 g/mol. The summed E-state index contributed by atoms with van der Waals surface area (Å²) in [4.78, 5) is 22.0. The minimum Gasteiger partial charge on any atom is -0.485 e. The van der Waals surface area contributed by atoms with Crippen molar-refractivity contribution in [2.24, 2.45) is 0 Å². The summed E-state index contributed by atoms with van der Waals surface area (Å²) in [6.45, 7) is 5.85. The lowest BCUT2D eigenvalue weighted by Crippen LogP contribution is -2.44. The molecule has 8 heteroatoms. The van der Waals surface area contributed by atoms with E-state index in [0.717, 1.165) is 0 Å². The molecule has 0 amide bonds. The second-order valence-corrected chi connectivity index (χ2v) is 8.59. The predicted octanol–water partition coefficient (Wildman–Crippen LogP) is 2.31. The molecule has 0 aliphatic rings. The molecule has 0 aliphatic heterocycles. The Kier molecular flexibility index (Phi) is 7.17. The summed E-state index contributed by atoms with van der Waals surface area (Å²) in [6, 6.07) is 0.334. The molecular weight excluding hydrogens is 375 g/mol. The van der Waals surface area contributed by atoms with Gasteiger partial charge in [-0.25, -0.2) is 0 Å². The number of hydrogen-bond donors (Lipinski definition) is 0. The van der Waals surface area contributed by atoms with Crippen molar-refractivity contribution in [3.8, 4) is 0 Å². The minimum atomic E-state index is -2.90. The van der Waals surface area contributed by atoms with E-state index in [-0.39, 0.29) is 4.11 Å². The van der Waals surface area contributed by atoms with Gasteiger partial charge in [0.15, 0.2) is 9.16 Å². The molecule has 98 valence electrons. The first kappa shape index (κ1) is 16.8. The highest BCUT2D eigenvalue weighted by Gasteiger charge is 2.41. The minimum absolute atomic E-state index is 0.291. The number of carbonyl (C=O) groups excluding carboxylic acids is 2. The van der Waals surface area contributed by atoms with Crippen molar-refractivity contribution in [3.05, 3.63) is 0 Å². The van der Waals surface area contributed by atoms with E-state index >= 15 is 0 Å². The topological polar surface area (TPSA) is 61.8 Å². The Morgan fingerprint density at radius 2 is 1.65 bits per heavy atom. The highest BCUT2D eigenvalue weighted by atomic mass is 127. The van der Waals surface area contributed by atoms with Crippen molar-refractivity contribution in [2.75, 3.05) is 0 Å². The Hall–Kier alpha value is -0.223. The Balaban J connectivity index is 4.62. The van der Waals surface area contributed by atoms with Gasteiger partial charge in [0.2, 0.25) is 0 Å². The second-order valence-electron chi connectivity index (χ2n) is 3.54. The van der Waals surface area contributed by atoms with E-state index in [2.05, 4.69) is 0 Å². The zero-order chi connectivity index (χ0) is 13.6. The SMILES string of the molecule is CC(=O)O[Si](C)(CC(I)OC(C)=S)OC(C)=O. The average molecular weight is 390 g/mol. The number of rotatable bonds is 5. The molecule has 1 atom stereocenters. The Morgan fingerprint density at radius 3 is 1.94 bits per heavy atom. The van der Waals surface area contributed by atoms with Crippen LogP contribution in [0, 0.1) is 0 Å². The van der Waals surface area contributed by atoms with Crippen LogP contribution < -0.4 is 0 Å².